The predicted molar refractivity (Wildman–Crippen MR) is 95.3 cm³/mol. The molecule has 0 heterocycles. The highest BCUT2D eigenvalue weighted by Gasteiger charge is 2.18. The molecule has 0 aliphatic heterocycles. The molecule has 1 aliphatic rings. The molecule has 0 fully saturated rings. The molecule has 22 heavy (non-hydrogen) atoms. The van der Waals surface area contributed by atoms with Gasteiger partial charge in [-0.1, -0.05) is 37.3 Å². The summed E-state index contributed by atoms with van der Waals surface area (Å²) in [4.78, 5) is 0. The molecular formula is C21H21N. The Balaban J connectivity index is 1.86. The van der Waals surface area contributed by atoms with Crippen LogP contribution in [0.25, 0.3) is 21.9 Å². The number of hydrogen-bond donors (Lipinski definition) is 1. The van der Waals surface area contributed by atoms with Gasteiger partial charge in [-0.15, -0.1) is 0 Å². The summed E-state index contributed by atoms with van der Waals surface area (Å²) >= 11 is 0. The molecule has 1 heteroatoms. The zero-order chi connectivity index (χ0) is 15.3. The molecule has 0 spiro atoms. The summed E-state index contributed by atoms with van der Waals surface area (Å²) in [5.41, 5.74) is 13.7. The van der Waals surface area contributed by atoms with Crippen molar-refractivity contribution in [2.45, 2.75) is 32.6 Å². The second-order valence-electron chi connectivity index (χ2n) is 6.63. The fourth-order valence-electron chi connectivity index (χ4n) is 3.76. The number of hydrogen-bond acceptors (Lipinski definition) is 1. The maximum atomic E-state index is 6.01. The Morgan fingerprint density at radius 2 is 1.73 bits per heavy atom. The lowest BCUT2D eigenvalue weighted by molar-refractivity contribution is 0.747. The minimum absolute atomic E-state index is 0.688. The molecule has 0 saturated heterocycles. The van der Waals surface area contributed by atoms with Crippen LogP contribution in [0.1, 0.15) is 36.0 Å². The Bertz CT molecular complexity index is 876. The monoisotopic (exact) mass is 287 g/mol. The lowest BCUT2D eigenvalue weighted by atomic mass is 9.95. The van der Waals surface area contributed by atoms with Gasteiger partial charge in [0.05, 0.1) is 0 Å². The molecule has 0 amide bonds. The van der Waals surface area contributed by atoms with Crippen LogP contribution in [0.4, 0.5) is 5.69 Å². The van der Waals surface area contributed by atoms with Crippen molar-refractivity contribution in [2.24, 2.45) is 0 Å². The molecule has 3 aromatic rings. The van der Waals surface area contributed by atoms with Gasteiger partial charge in [0, 0.05) is 5.69 Å². The standard InChI is InChI=1S/C21H21N/c1-13-3-4-15-5-6-17(12-21(13)15)16-7-8-20-14(2)9-19(22)11-18(20)10-16/h5-13H,3-4,22H2,1-2H3. The fourth-order valence-corrected chi connectivity index (χ4v) is 3.76. The predicted octanol–water partition coefficient (Wildman–Crippen LogP) is 5.45. The molecule has 4 rings (SSSR count). The average molecular weight is 287 g/mol. The SMILES string of the molecule is Cc1cc(N)cc2cc(-c3ccc4c(c3)C(C)CC4)ccc12. The first-order chi connectivity index (χ1) is 10.6. The first-order valence-corrected chi connectivity index (χ1v) is 8.05. The van der Waals surface area contributed by atoms with Crippen LogP contribution in [0, 0.1) is 6.92 Å². The summed E-state index contributed by atoms with van der Waals surface area (Å²) in [6.45, 7) is 4.45. The van der Waals surface area contributed by atoms with Crippen molar-refractivity contribution < 1.29 is 0 Å². The van der Waals surface area contributed by atoms with Gasteiger partial charge in [0.15, 0.2) is 0 Å². The highest BCUT2D eigenvalue weighted by Crippen LogP contribution is 2.36. The van der Waals surface area contributed by atoms with E-state index in [0.29, 0.717) is 5.92 Å². The number of nitrogens with two attached hydrogens (primary N) is 1. The van der Waals surface area contributed by atoms with Gasteiger partial charge in [-0.2, -0.15) is 0 Å². The van der Waals surface area contributed by atoms with Crippen LogP contribution in [0.15, 0.2) is 48.5 Å². The zero-order valence-electron chi connectivity index (χ0n) is 13.2. The first kappa shape index (κ1) is 13.4. The van der Waals surface area contributed by atoms with Gasteiger partial charge >= 0.3 is 0 Å². The van der Waals surface area contributed by atoms with E-state index in [2.05, 4.69) is 56.3 Å². The van der Waals surface area contributed by atoms with Crippen molar-refractivity contribution >= 4 is 16.5 Å². The summed E-state index contributed by atoms with van der Waals surface area (Å²) in [6, 6.07) is 17.8. The minimum atomic E-state index is 0.688. The van der Waals surface area contributed by atoms with Gasteiger partial charge in [-0.3, -0.25) is 0 Å². The molecule has 1 atom stereocenters. The van der Waals surface area contributed by atoms with Gasteiger partial charge in [0.2, 0.25) is 0 Å². The molecule has 1 unspecified atom stereocenters. The average Bonchev–Trinajstić information content (AvgIpc) is 2.87. The maximum Gasteiger partial charge on any atom is 0.0323 e. The Hall–Kier alpha value is -2.28. The van der Waals surface area contributed by atoms with E-state index >= 15 is 0 Å². The van der Waals surface area contributed by atoms with Crippen LogP contribution in [-0.2, 0) is 6.42 Å². The highest BCUT2D eigenvalue weighted by molar-refractivity contribution is 5.92. The third-order valence-corrected chi connectivity index (χ3v) is 5.04. The fraction of sp³-hybridized carbons (Fsp3) is 0.238. The van der Waals surface area contributed by atoms with Gasteiger partial charge in [0.25, 0.3) is 0 Å². The number of fused-ring (bicyclic) bond motifs is 2. The summed E-state index contributed by atoms with van der Waals surface area (Å²) in [5, 5.41) is 2.51. The van der Waals surface area contributed by atoms with Crippen LogP contribution in [0.5, 0.6) is 0 Å². The highest BCUT2D eigenvalue weighted by atomic mass is 14.5. The lowest BCUT2D eigenvalue weighted by Crippen LogP contribution is -1.90. The number of aryl methyl sites for hydroxylation is 2. The number of anilines is 1. The molecule has 2 N–H and O–H groups in total. The minimum Gasteiger partial charge on any atom is -0.399 e. The second-order valence-corrected chi connectivity index (χ2v) is 6.63. The van der Waals surface area contributed by atoms with Crippen LogP contribution >= 0.6 is 0 Å². The van der Waals surface area contributed by atoms with Gasteiger partial charge in [-0.25, -0.2) is 0 Å². The van der Waals surface area contributed by atoms with E-state index in [4.69, 9.17) is 5.73 Å². The molecular weight excluding hydrogens is 266 g/mol. The van der Waals surface area contributed by atoms with Crippen molar-refractivity contribution in [1.82, 2.24) is 0 Å². The molecule has 3 aromatic carbocycles. The van der Waals surface area contributed by atoms with E-state index in [1.165, 1.54) is 51.4 Å². The van der Waals surface area contributed by atoms with Crippen molar-refractivity contribution in [3.05, 3.63) is 65.2 Å². The van der Waals surface area contributed by atoms with Crippen molar-refractivity contribution in [3.63, 3.8) is 0 Å². The molecule has 0 saturated carbocycles. The van der Waals surface area contributed by atoms with Crippen LogP contribution in [0.3, 0.4) is 0 Å². The lowest BCUT2D eigenvalue weighted by Gasteiger charge is -2.10. The Labute approximate surface area is 131 Å². The zero-order valence-corrected chi connectivity index (χ0v) is 13.2. The molecule has 110 valence electrons. The Morgan fingerprint density at radius 1 is 0.955 bits per heavy atom. The third kappa shape index (κ3) is 2.09. The van der Waals surface area contributed by atoms with Crippen LogP contribution in [0.2, 0.25) is 0 Å². The van der Waals surface area contributed by atoms with Gasteiger partial charge < -0.3 is 5.73 Å². The van der Waals surface area contributed by atoms with E-state index < -0.39 is 0 Å². The van der Waals surface area contributed by atoms with Crippen molar-refractivity contribution in [3.8, 4) is 11.1 Å². The molecule has 0 aromatic heterocycles. The number of rotatable bonds is 1. The number of benzene rings is 3. The third-order valence-electron chi connectivity index (χ3n) is 5.04. The van der Waals surface area contributed by atoms with Gasteiger partial charge in [0.1, 0.15) is 0 Å². The Morgan fingerprint density at radius 3 is 2.59 bits per heavy atom. The number of nitrogen functional groups attached to an aromatic ring is 1. The Kier molecular flexibility index (Phi) is 2.97. The van der Waals surface area contributed by atoms with E-state index in [0.717, 1.165) is 5.69 Å². The normalized spacial score (nSPS) is 16.9. The first-order valence-electron chi connectivity index (χ1n) is 8.05. The smallest absolute Gasteiger partial charge is 0.0323 e. The van der Waals surface area contributed by atoms with E-state index in [9.17, 15) is 0 Å². The van der Waals surface area contributed by atoms with Crippen LogP contribution < -0.4 is 5.73 Å². The van der Waals surface area contributed by atoms with E-state index in [1.54, 1.807) is 0 Å². The molecule has 1 nitrogen and oxygen atoms in total. The van der Waals surface area contributed by atoms with Gasteiger partial charge in [-0.05, 0) is 82.5 Å². The maximum absolute atomic E-state index is 6.01. The molecule has 0 bridgehead atoms. The van der Waals surface area contributed by atoms with E-state index in [-0.39, 0.29) is 0 Å². The summed E-state index contributed by atoms with van der Waals surface area (Å²) in [7, 11) is 0. The summed E-state index contributed by atoms with van der Waals surface area (Å²) < 4.78 is 0. The van der Waals surface area contributed by atoms with E-state index in [1.807, 2.05) is 6.07 Å². The molecule has 1 aliphatic carbocycles. The summed E-state index contributed by atoms with van der Waals surface area (Å²) in [6.07, 6.45) is 2.51. The largest absolute Gasteiger partial charge is 0.399 e. The van der Waals surface area contributed by atoms with Crippen LogP contribution in [-0.4, -0.2) is 0 Å². The quantitative estimate of drug-likeness (QED) is 0.592. The summed E-state index contributed by atoms with van der Waals surface area (Å²) in [5.74, 6) is 0.688. The second kappa shape index (κ2) is 4.88. The van der Waals surface area contributed by atoms with Crippen molar-refractivity contribution in [2.75, 3.05) is 5.73 Å². The molecule has 0 radical (unpaired) electrons. The van der Waals surface area contributed by atoms with Crippen molar-refractivity contribution in [1.29, 1.82) is 0 Å². The topological polar surface area (TPSA) is 26.0 Å².